The zero-order valence-electron chi connectivity index (χ0n) is 17.3. The number of benzene rings is 1. The largest absolute Gasteiger partial charge is 0.372 e. The van der Waals surface area contributed by atoms with Crippen LogP contribution in [0.5, 0.6) is 0 Å². The zero-order valence-corrected chi connectivity index (χ0v) is 18.9. The number of nitrogens with zero attached hydrogens (tertiary/aromatic N) is 3. The van der Waals surface area contributed by atoms with Crippen LogP contribution in [0.4, 0.5) is 0 Å². The van der Waals surface area contributed by atoms with Gasteiger partial charge in [0.05, 0.1) is 17.1 Å². The Bertz CT molecular complexity index is 859. The second-order valence-corrected chi connectivity index (χ2v) is 10.2. The normalized spacial score (nSPS) is 23.4. The van der Waals surface area contributed by atoms with Crippen LogP contribution in [0.25, 0.3) is 0 Å². The topological polar surface area (TPSA) is 87.2 Å². The van der Waals surface area contributed by atoms with Crippen molar-refractivity contribution in [1.82, 2.24) is 14.1 Å². The molecular weight excluding hydrogens is 430 g/mol. The first-order valence-electron chi connectivity index (χ1n) is 10.1. The molecule has 166 valence electrons. The Hall–Kier alpha value is -1.68. The number of amides is 2. The Labute approximate surface area is 182 Å². The van der Waals surface area contributed by atoms with Gasteiger partial charge in [-0.1, -0.05) is 11.6 Å². The highest BCUT2D eigenvalue weighted by Gasteiger charge is 2.31. The summed E-state index contributed by atoms with van der Waals surface area (Å²) in [4.78, 5) is 28.5. The molecule has 0 N–H and O–H groups in total. The maximum Gasteiger partial charge on any atom is 0.243 e. The van der Waals surface area contributed by atoms with Gasteiger partial charge in [0.2, 0.25) is 21.8 Å². The third-order valence-corrected chi connectivity index (χ3v) is 7.53. The van der Waals surface area contributed by atoms with Crippen LogP contribution in [0.3, 0.4) is 0 Å². The SMILES string of the molecule is C[C@@H]1CN(C(=O)CCC(=O)N2CCN(S(=O)(=O)c3ccc(Cl)cc3)CC2)C[C@H](C)O1. The summed E-state index contributed by atoms with van der Waals surface area (Å²) >= 11 is 5.83. The van der Waals surface area contributed by atoms with Gasteiger partial charge in [-0.2, -0.15) is 4.31 Å². The molecule has 0 bridgehead atoms. The van der Waals surface area contributed by atoms with Crippen LogP contribution in [0.1, 0.15) is 26.7 Å². The number of morpholine rings is 1. The van der Waals surface area contributed by atoms with Crippen molar-refractivity contribution in [3.05, 3.63) is 29.3 Å². The van der Waals surface area contributed by atoms with E-state index in [9.17, 15) is 18.0 Å². The fourth-order valence-corrected chi connectivity index (χ4v) is 5.39. The smallest absolute Gasteiger partial charge is 0.243 e. The molecule has 10 heteroatoms. The van der Waals surface area contributed by atoms with E-state index < -0.39 is 10.0 Å². The molecule has 30 heavy (non-hydrogen) atoms. The van der Waals surface area contributed by atoms with E-state index in [0.717, 1.165) is 0 Å². The van der Waals surface area contributed by atoms with Gasteiger partial charge in [-0.15, -0.1) is 0 Å². The second kappa shape index (κ2) is 9.64. The van der Waals surface area contributed by atoms with E-state index in [1.54, 1.807) is 21.9 Å². The molecule has 0 aromatic heterocycles. The summed E-state index contributed by atoms with van der Waals surface area (Å²) in [5.74, 6) is -0.171. The second-order valence-electron chi connectivity index (χ2n) is 7.79. The highest BCUT2D eigenvalue weighted by Crippen LogP contribution is 2.20. The maximum atomic E-state index is 12.7. The standard InChI is InChI=1S/C20H28ClN3O5S/c1-15-13-23(14-16(2)29-15)20(26)8-7-19(25)22-9-11-24(12-10-22)30(27,28)18-5-3-17(21)4-6-18/h3-6,15-16H,7-14H2,1-2H3/t15-,16+. The van der Waals surface area contributed by atoms with Gasteiger partial charge in [-0.25, -0.2) is 8.42 Å². The van der Waals surface area contributed by atoms with Crippen LogP contribution in [0.15, 0.2) is 29.2 Å². The number of hydrogen-bond acceptors (Lipinski definition) is 5. The van der Waals surface area contributed by atoms with Crippen molar-refractivity contribution in [1.29, 1.82) is 0 Å². The Morgan fingerprint density at radius 2 is 1.43 bits per heavy atom. The van der Waals surface area contributed by atoms with Crippen LogP contribution in [-0.4, -0.2) is 85.8 Å². The summed E-state index contributed by atoms with van der Waals surface area (Å²) in [6, 6.07) is 6.05. The zero-order chi connectivity index (χ0) is 21.9. The van der Waals surface area contributed by atoms with Gasteiger partial charge in [-0.05, 0) is 38.1 Å². The molecule has 2 saturated heterocycles. The van der Waals surface area contributed by atoms with E-state index in [0.29, 0.717) is 31.2 Å². The number of piperazine rings is 1. The number of hydrogen-bond donors (Lipinski definition) is 0. The lowest BCUT2D eigenvalue weighted by molar-refractivity contribution is -0.145. The van der Waals surface area contributed by atoms with E-state index in [4.69, 9.17) is 16.3 Å². The van der Waals surface area contributed by atoms with Gasteiger partial charge in [-0.3, -0.25) is 9.59 Å². The minimum absolute atomic E-state index is 0.0101. The van der Waals surface area contributed by atoms with Crippen molar-refractivity contribution in [3.63, 3.8) is 0 Å². The van der Waals surface area contributed by atoms with Crippen LogP contribution in [-0.2, 0) is 24.3 Å². The lowest BCUT2D eigenvalue weighted by atomic mass is 10.2. The van der Waals surface area contributed by atoms with Gasteiger partial charge in [0, 0.05) is 57.1 Å². The quantitative estimate of drug-likeness (QED) is 0.670. The molecule has 2 aliphatic rings. The van der Waals surface area contributed by atoms with Gasteiger partial charge in [0.1, 0.15) is 0 Å². The van der Waals surface area contributed by atoms with E-state index in [2.05, 4.69) is 0 Å². The third kappa shape index (κ3) is 5.51. The molecular formula is C20H28ClN3O5S. The average Bonchev–Trinajstić information content (AvgIpc) is 2.71. The first kappa shape index (κ1) is 23.0. The number of ether oxygens (including phenoxy) is 1. The minimum atomic E-state index is -3.61. The van der Waals surface area contributed by atoms with Crippen molar-refractivity contribution in [2.45, 2.75) is 43.8 Å². The van der Waals surface area contributed by atoms with Crippen LogP contribution >= 0.6 is 11.6 Å². The van der Waals surface area contributed by atoms with Crippen molar-refractivity contribution < 1.29 is 22.7 Å². The number of carbonyl (C=O) groups is 2. The summed E-state index contributed by atoms with van der Waals surface area (Å²) in [5, 5.41) is 0.472. The molecule has 0 saturated carbocycles. The lowest BCUT2D eigenvalue weighted by Gasteiger charge is -2.36. The van der Waals surface area contributed by atoms with Crippen LogP contribution in [0, 0.1) is 0 Å². The van der Waals surface area contributed by atoms with Crippen molar-refractivity contribution >= 4 is 33.4 Å². The molecule has 2 fully saturated rings. The predicted molar refractivity (Wildman–Crippen MR) is 113 cm³/mol. The van der Waals surface area contributed by atoms with E-state index >= 15 is 0 Å². The van der Waals surface area contributed by atoms with E-state index in [1.165, 1.54) is 16.4 Å². The number of halogens is 1. The van der Waals surface area contributed by atoms with Gasteiger partial charge in [0.25, 0.3) is 0 Å². The monoisotopic (exact) mass is 457 g/mol. The molecule has 2 aliphatic heterocycles. The molecule has 0 aliphatic carbocycles. The molecule has 1 aromatic rings. The molecule has 2 atom stereocenters. The Kier molecular flexibility index (Phi) is 7.38. The molecule has 0 unspecified atom stereocenters. The third-order valence-electron chi connectivity index (χ3n) is 5.37. The fourth-order valence-electron chi connectivity index (χ4n) is 3.85. The minimum Gasteiger partial charge on any atom is -0.372 e. The highest BCUT2D eigenvalue weighted by molar-refractivity contribution is 7.89. The summed E-state index contributed by atoms with van der Waals surface area (Å²) in [6.07, 6.45) is 0.262. The molecule has 1 aromatic carbocycles. The molecule has 2 amide bonds. The van der Waals surface area contributed by atoms with Gasteiger partial charge in [0.15, 0.2) is 0 Å². The van der Waals surface area contributed by atoms with Gasteiger partial charge >= 0.3 is 0 Å². The van der Waals surface area contributed by atoms with Crippen LogP contribution < -0.4 is 0 Å². The number of carbonyl (C=O) groups excluding carboxylic acids is 2. The van der Waals surface area contributed by atoms with Crippen molar-refractivity contribution in [2.75, 3.05) is 39.3 Å². The Balaban J connectivity index is 1.48. The Morgan fingerprint density at radius 3 is 1.97 bits per heavy atom. The molecule has 2 heterocycles. The van der Waals surface area contributed by atoms with Crippen molar-refractivity contribution in [3.8, 4) is 0 Å². The van der Waals surface area contributed by atoms with Crippen LogP contribution in [0.2, 0.25) is 5.02 Å². The van der Waals surface area contributed by atoms with E-state index in [-0.39, 0.29) is 54.8 Å². The molecule has 0 spiro atoms. The first-order valence-corrected chi connectivity index (χ1v) is 12.0. The first-order chi connectivity index (χ1) is 14.2. The van der Waals surface area contributed by atoms with Gasteiger partial charge < -0.3 is 14.5 Å². The molecule has 8 nitrogen and oxygen atoms in total. The lowest BCUT2D eigenvalue weighted by Crippen LogP contribution is -2.51. The van der Waals surface area contributed by atoms with E-state index in [1.807, 2.05) is 13.8 Å². The van der Waals surface area contributed by atoms with Crippen molar-refractivity contribution in [2.24, 2.45) is 0 Å². The maximum absolute atomic E-state index is 12.7. The summed E-state index contributed by atoms with van der Waals surface area (Å²) in [5.41, 5.74) is 0. The number of sulfonamides is 1. The highest BCUT2D eigenvalue weighted by atomic mass is 35.5. The Morgan fingerprint density at radius 1 is 0.933 bits per heavy atom. The fraction of sp³-hybridized carbons (Fsp3) is 0.600. The molecule has 0 radical (unpaired) electrons. The summed E-state index contributed by atoms with van der Waals surface area (Å²) < 4.78 is 32.5. The predicted octanol–water partition coefficient (Wildman–Crippen LogP) is 1.59. The summed E-state index contributed by atoms with van der Waals surface area (Å²) in [6.45, 7) is 6.01. The average molecular weight is 458 g/mol. The summed E-state index contributed by atoms with van der Waals surface area (Å²) in [7, 11) is -3.61. The molecule has 3 rings (SSSR count). The number of rotatable bonds is 5.